The van der Waals surface area contributed by atoms with Crippen molar-refractivity contribution in [2.75, 3.05) is 13.6 Å². The van der Waals surface area contributed by atoms with E-state index in [1.54, 1.807) is 0 Å². The monoisotopic (exact) mass is 254 g/mol. The maximum atomic E-state index is 12.3. The summed E-state index contributed by atoms with van der Waals surface area (Å²) in [6.07, 6.45) is 8.19. The van der Waals surface area contributed by atoms with Gasteiger partial charge in [-0.1, -0.05) is 31.5 Å². The molecule has 0 aromatic carbocycles. The number of amides is 1. The highest BCUT2D eigenvalue weighted by Gasteiger charge is 2.53. The third-order valence-corrected chi connectivity index (χ3v) is 4.63. The van der Waals surface area contributed by atoms with E-state index in [2.05, 4.69) is 0 Å². The first-order valence-corrected chi connectivity index (χ1v) is 7.02. The largest absolute Gasteiger partial charge is 0.392 e. The van der Waals surface area contributed by atoms with E-state index in [9.17, 15) is 4.79 Å². The molecule has 1 amide bonds. The number of carbonyl (C=O) groups excluding carboxylic acids is 1. The molecule has 2 saturated carbocycles. The number of nitrogens with zero attached hydrogens (tertiary/aromatic N) is 1. The summed E-state index contributed by atoms with van der Waals surface area (Å²) < 4.78 is 0. The maximum absolute atomic E-state index is 12.3. The molecule has 2 fully saturated rings. The van der Waals surface area contributed by atoms with E-state index < -0.39 is 5.41 Å². The van der Waals surface area contributed by atoms with Gasteiger partial charge in [-0.2, -0.15) is 0 Å². The molecule has 17 heavy (non-hydrogen) atoms. The molecule has 0 atom stereocenters. The molecule has 0 aliphatic heterocycles. The Kier molecular flexibility index (Phi) is 3.71. The first-order valence-electron chi connectivity index (χ1n) is 6.62. The Morgan fingerprint density at radius 3 is 2.41 bits per heavy atom. The molecular formula is C13H22N2OS. The van der Waals surface area contributed by atoms with Crippen LogP contribution >= 0.6 is 12.2 Å². The van der Waals surface area contributed by atoms with Crippen LogP contribution in [0.3, 0.4) is 0 Å². The highest BCUT2D eigenvalue weighted by Crippen LogP contribution is 2.47. The van der Waals surface area contributed by atoms with Crippen molar-refractivity contribution in [3.05, 3.63) is 0 Å². The van der Waals surface area contributed by atoms with Gasteiger partial charge in [0.15, 0.2) is 0 Å². The lowest BCUT2D eigenvalue weighted by Crippen LogP contribution is -2.42. The zero-order valence-corrected chi connectivity index (χ0v) is 11.4. The molecule has 0 aromatic rings. The van der Waals surface area contributed by atoms with Crippen LogP contribution in [0.1, 0.15) is 44.9 Å². The fourth-order valence-corrected chi connectivity index (χ4v) is 3.19. The molecule has 0 spiro atoms. The van der Waals surface area contributed by atoms with Gasteiger partial charge >= 0.3 is 0 Å². The van der Waals surface area contributed by atoms with Crippen molar-refractivity contribution in [1.82, 2.24) is 4.90 Å². The van der Waals surface area contributed by atoms with Gasteiger partial charge in [0.2, 0.25) is 5.91 Å². The normalized spacial score (nSPS) is 23.1. The Labute approximate surface area is 109 Å². The molecule has 0 radical (unpaired) electrons. The second-order valence-electron chi connectivity index (χ2n) is 5.64. The minimum Gasteiger partial charge on any atom is -0.392 e. The van der Waals surface area contributed by atoms with Crippen molar-refractivity contribution >= 4 is 23.1 Å². The fourth-order valence-electron chi connectivity index (χ4n) is 2.90. The summed E-state index contributed by atoms with van der Waals surface area (Å²) in [5, 5.41) is 0. The van der Waals surface area contributed by atoms with Crippen LogP contribution in [0, 0.1) is 11.3 Å². The minimum atomic E-state index is -0.473. The van der Waals surface area contributed by atoms with Crippen molar-refractivity contribution in [3.63, 3.8) is 0 Å². The zero-order valence-electron chi connectivity index (χ0n) is 10.6. The van der Waals surface area contributed by atoms with E-state index in [-0.39, 0.29) is 5.91 Å². The Balaban J connectivity index is 1.89. The molecule has 0 unspecified atom stereocenters. The molecular weight excluding hydrogens is 232 g/mol. The van der Waals surface area contributed by atoms with Crippen LogP contribution in [0.25, 0.3) is 0 Å². The summed E-state index contributed by atoms with van der Waals surface area (Å²) in [5.74, 6) is 0.829. The van der Waals surface area contributed by atoms with Crippen LogP contribution in [0.5, 0.6) is 0 Å². The Hall–Kier alpha value is -0.640. The minimum absolute atomic E-state index is 0.149. The Morgan fingerprint density at radius 1 is 1.35 bits per heavy atom. The smallest absolute Gasteiger partial charge is 0.235 e. The average Bonchev–Trinajstić information content (AvgIpc) is 3.10. The van der Waals surface area contributed by atoms with Gasteiger partial charge in [0.1, 0.15) is 0 Å². The Bertz CT molecular complexity index is 319. The lowest BCUT2D eigenvalue weighted by molar-refractivity contribution is -0.133. The molecule has 2 aliphatic rings. The van der Waals surface area contributed by atoms with Crippen molar-refractivity contribution < 1.29 is 4.79 Å². The van der Waals surface area contributed by atoms with Crippen molar-refractivity contribution in [1.29, 1.82) is 0 Å². The molecule has 2 aliphatic carbocycles. The highest BCUT2D eigenvalue weighted by molar-refractivity contribution is 7.80. The highest BCUT2D eigenvalue weighted by atomic mass is 32.1. The van der Waals surface area contributed by atoms with Crippen molar-refractivity contribution in [2.45, 2.75) is 44.9 Å². The molecule has 2 rings (SSSR count). The summed E-state index contributed by atoms with van der Waals surface area (Å²) in [5.41, 5.74) is 5.22. The number of thiocarbonyl (C=S) groups is 1. The lowest BCUT2D eigenvalue weighted by Gasteiger charge is -2.29. The number of hydrogen-bond acceptors (Lipinski definition) is 2. The van der Waals surface area contributed by atoms with Crippen LogP contribution < -0.4 is 5.73 Å². The van der Waals surface area contributed by atoms with Gasteiger partial charge in [-0.05, 0) is 31.6 Å². The van der Waals surface area contributed by atoms with Gasteiger partial charge in [0, 0.05) is 13.6 Å². The molecule has 0 bridgehead atoms. The molecule has 0 aromatic heterocycles. The van der Waals surface area contributed by atoms with Crippen LogP contribution in [0.15, 0.2) is 0 Å². The van der Waals surface area contributed by atoms with Crippen molar-refractivity contribution in [3.8, 4) is 0 Å². The number of nitrogens with two attached hydrogens (primary N) is 1. The van der Waals surface area contributed by atoms with E-state index in [1.807, 2.05) is 11.9 Å². The standard InChI is InChI=1S/C13H22N2OS/c1-15(9-10-5-3-2-4-6-10)12(16)13(7-8-13)11(14)17/h10H,2-9H2,1H3,(H2,14,17). The molecule has 3 nitrogen and oxygen atoms in total. The lowest BCUT2D eigenvalue weighted by atomic mass is 9.88. The molecule has 96 valence electrons. The van der Waals surface area contributed by atoms with Crippen LogP contribution in [0.4, 0.5) is 0 Å². The predicted octanol–water partition coefficient (Wildman–Crippen LogP) is 2.09. The number of carbonyl (C=O) groups is 1. The van der Waals surface area contributed by atoms with E-state index in [0.717, 1.165) is 19.4 Å². The Morgan fingerprint density at radius 2 is 1.94 bits per heavy atom. The van der Waals surface area contributed by atoms with Gasteiger partial charge in [-0.3, -0.25) is 4.79 Å². The first-order chi connectivity index (χ1) is 8.06. The molecule has 4 heteroatoms. The van der Waals surface area contributed by atoms with E-state index in [1.165, 1.54) is 32.1 Å². The van der Waals surface area contributed by atoms with Crippen molar-refractivity contribution in [2.24, 2.45) is 17.1 Å². The quantitative estimate of drug-likeness (QED) is 0.781. The van der Waals surface area contributed by atoms with Crippen LogP contribution in [0.2, 0.25) is 0 Å². The summed E-state index contributed by atoms with van der Waals surface area (Å²) in [6.45, 7) is 0.878. The third kappa shape index (κ3) is 2.62. The number of rotatable bonds is 4. The molecule has 2 N–H and O–H groups in total. The van der Waals surface area contributed by atoms with E-state index in [4.69, 9.17) is 18.0 Å². The summed E-state index contributed by atoms with van der Waals surface area (Å²) in [6, 6.07) is 0. The van der Waals surface area contributed by atoms with Gasteiger partial charge in [-0.15, -0.1) is 0 Å². The summed E-state index contributed by atoms with van der Waals surface area (Å²) in [7, 11) is 1.90. The zero-order chi connectivity index (χ0) is 12.5. The number of hydrogen-bond donors (Lipinski definition) is 1. The van der Waals surface area contributed by atoms with Crippen LogP contribution in [-0.4, -0.2) is 29.4 Å². The summed E-state index contributed by atoms with van der Waals surface area (Å²) in [4.78, 5) is 14.6. The second kappa shape index (κ2) is 4.92. The summed E-state index contributed by atoms with van der Waals surface area (Å²) >= 11 is 5.02. The van der Waals surface area contributed by atoms with Gasteiger partial charge in [0.05, 0.1) is 10.4 Å². The average molecular weight is 254 g/mol. The first kappa shape index (κ1) is 12.8. The fraction of sp³-hybridized carbons (Fsp3) is 0.846. The van der Waals surface area contributed by atoms with Gasteiger partial charge in [0.25, 0.3) is 0 Å². The maximum Gasteiger partial charge on any atom is 0.235 e. The topological polar surface area (TPSA) is 46.3 Å². The predicted molar refractivity (Wildman–Crippen MR) is 72.7 cm³/mol. The van der Waals surface area contributed by atoms with E-state index in [0.29, 0.717) is 10.9 Å². The van der Waals surface area contributed by atoms with Crippen LogP contribution in [-0.2, 0) is 4.79 Å². The van der Waals surface area contributed by atoms with E-state index >= 15 is 0 Å². The second-order valence-corrected chi connectivity index (χ2v) is 6.08. The molecule has 0 heterocycles. The molecule has 0 saturated heterocycles. The SMILES string of the molecule is CN(CC1CCCCC1)C(=O)C1(C(N)=S)CC1. The third-order valence-electron chi connectivity index (χ3n) is 4.23. The van der Waals surface area contributed by atoms with Gasteiger partial charge in [-0.25, -0.2) is 0 Å². The van der Waals surface area contributed by atoms with Gasteiger partial charge < -0.3 is 10.6 Å².